The van der Waals surface area contributed by atoms with Gasteiger partial charge in [-0.1, -0.05) is 59.6 Å². The first-order chi connectivity index (χ1) is 8.18. The highest BCUT2D eigenvalue weighted by Gasteiger charge is 2.14. The normalized spacial score (nSPS) is 12.4. The zero-order valence-electron chi connectivity index (χ0n) is 9.24. The van der Waals surface area contributed by atoms with Gasteiger partial charge in [-0.3, -0.25) is 0 Å². The molecular weight excluding hydrogens is 253 g/mol. The van der Waals surface area contributed by atoms with E-state index in [9.17, 15) is 0 Å². The number of hydrogen-bond donors (Lipinski definition) is 1. The quantitative estimate of drug-likeness (QED) is 0.883. The maximum Gasteiger partial charge on any atom is 0.0468 e. The number of rotatable bonds is 3. The molecule has 0 heterocycles. The van der Waals surface area contributed by atoms with Crippen molar-refractivity contribution in [2.24, 2.45) is 5.73 Å². The molecule has 3 heteroatoms. The Labute approximate surface area is 111 Å². The van der Waals surface area contributed by atoms with Gasteiger partial charge in [0.15, 0.2) is 0 Å². The molecule has 0 fully saturated rings. The summed E-state index contributed by atoms with van der Waals surface area (Å²) in [6.07, 6.45) is 0.726. The number of benzene rings is 2. The topological polar surface area (TPSA) is 26.0 Å². The summed E-state index contributed by atoms with van der Waals surface area (Å²) in [7, 11) is 0. The van der Waals surface area contributed by atoms with E-state index in [1.165, 1.54) is 5.56 Å². The maximum absolute atomic E-state index is 6.16. The molecule has 17 heavy (non-hydrogen) atoms. The van der Waals surface area contributed by atoms with E-state index in [2.05, 4.69) is 0 Å². The van der Waals surface area contributed by atoms with Crippen LogP contribution in [0.25, 0.3) is 0 Å². The first-order valence-electron chi connectivity index (χ1n) is 5.42. The lowest BCUT2D eigenvalue weighted by Gasteiger charge is -2.15. The fourth-order valence-electron chi connectivity index (χ4n) is 1.84. The Morgan fingerprint density at radius 2 is 1.47 bits per heavy atom. The Morgan fingerprint density at radius 3 is 2.06 bits per heavy atom. The molecule has 0 radical (unpaired) electrons. The zero-order chi connectivity index (χ0) is 12.3. The summed E-state index contributed by atoms with van der Waals surface area (Å²) < 4.78 is 0. The van der Waals surface area contributed by atoms with E-state index in [4.69, 9.17) is 28.9 Å². The fourth-order valence-corrected chi connectivity index (χ4v) is 2.51. The highest BCUT2D eigenvalue weighted by atomic mass is 35.5. The van der Waals surface area contributed by atoms with Crippen LogP contribution in [0.5, 0.6) is 0 Å². The molecule has 1 unspecified atom stereocenters. The number of hydrogen-bond acceptors (Lipinski definition) is 1. The van der Waals surface area contributed by atoms with Gasteiger partial charge < -0.3 is 5.73 Å². The van der Waals surface area contributed by atoms with Gasteiger partial charge in [-0.2, -0.15) is 0 Å². The van der Waals surface area contributed by atoms with Crippen LogP contribution in [0, 0.1) is 0 Å². The van der Waals surface area contributed by atoms with Gasteiger partial charge in [-0.25, -0.2) is 0 Å². The molecule has 0 bridgehead atoms. The summed E-state index contributed by atoms with van der Waals surface area (Å²) in [6.45, 7) is 0. The molecule has 0 amide bonds. The summed E-state index contributed by atoms with van der Waals surface area (Å²) >= 11 is 12.3. The van der Waals surface area contributed by atoms with Crippen molar-refractivity contribution >= 4 is 23.2 Å². The van der Waals surface area contributed by atoms with E-state index < -0.39 is 0 Å². The van der Waals surface area contributed by atoms with E-state index >= 15 is 0 Å². The van der Waals surface area contributed by atoms with Crippen LogP contribution in [0.3, 0.4) is 0 Å². The fraction of sp³-hybridized carbons (Fsp3) is 0.143. The van der Waals surface area contributed by atoms with E-state index in [-0.39, 0.29) is 6.04 Å². The molecule has 2 rings (SSSR count). The van der Waals surface area contributed by atoms with Crippen molar-refractivity contribution in [3.05, 3.63) is 69.7 Å². The molecule has 88 valence electrons. The molecule has 0 saturated heterocycles. The molecule has 0 aromatic heterocycles. The van der Waals surface area contributed by atoms with Gasteiger partial charge in [-0.15, -0.1) is 0 Å². The predicted octanol–water partition coefficient (Wildman–Crippen LogP) is 4.24. The number of nitrogens with two attached hydrogens (primary N) is 1. The van der Waals surface area contributed by atoms with Crippen molar-refractivity contribution in [1.82, 2.24) is 0 Å². The minimum Gasteiger partial charge on any atom is -0.324 e. The lowest BCUT2D eigenvalue weighted by molar-refractivity contribution is 0.722. The van der Waals surface area contributed by atoms with Gasteiger partial charge >= 0.3 is 0 Å². The van der Waals surface area contributed by atoms with Crippen LogP contribution >= 0.6 is 23.2 Å². The Morgan fingerprint density at radius 1 is 0.882 bits per heavy atom. The minimum atomic E-state index is -0.182. The van der Waals surface area contributed by atoms with Crippen molar-refractivity contribution in [3.8, 4) is 0 Å². The Kier molecular flexibility index (Phi) is 4.06. The predicted molar refractivity (Wildman–Crippen MR) is 73.5 cm³/mol. The molecule has 0 aliphatic rings. The second kappa shape index (κ2) is 5.54. The molecule has 0 spiro atoms. The summed E-state index contributed by atoms with van der Waals surface area (Å²) in [5, 5.41) is 1.25. The SMILES string of the molecule is NC(Cc1ccccc1)c1c(Cl)cccc1Cl. The monoisotopic (exact) mass is 265 g/mol. The smallest absolute Gasteiger partial charge is 0.0468 e. The Hall–Kier alpha value is -1.02. The van der Waals surface area contributed by atoms with Crippen LogP contribution in [0.15, 0.2) is 48.5 Å². The van der Waals surface area contributed by atoms with E-state index in [1.54, 1.807) is 0 Å². The molecule has 2 aromatic carbocycles. The third-order valence-corrected chi connectivity index (χ3v) is 3.33. The third kappa shape index (κ3) is 3.01. The van der Waals surface area contributed by atoms with Gasteiger partial charge in [-0.05, 0) is 24.1 Å². The first-order valence-corrected chi connectivity index (χ1v) is 6.17. The van der Waals surface area contributed by atoms with Crippen molar-refractivity contribution < 1.29 is 0 Å². The van der Waals surface area contributed by atoms with E-state index in [0.29, 0.717) is 10.0 Å². The Bertz CT molecular complexity index is 477. The van der Waals surface area contributed by atoms with Crippen LogP contribution in [-0.4, -0.2) is 0 Å². The highest BCUT2D eigenvalue weighted by Crippen LogP contribution is 2.30. The van der Waals surface area contributed by atoms with Crippen LogP contribution in [0.1, 0.15) is 17.2 Å². The molecular formula is C14H13Cl2N. The zero-order valence-corrected chi connectivity index (χ0v) is 10.7. The molecule has 0 aliphatic carbocycles. The Balaban J connectivity index is 2.23. The molecule has 1 nitrogen and oxygen atoms in total. The van der Waals surface area contributed by atoms with E-state index in [0.717, 1.165) is 12.0 Å². The second-order valence-corrected chi connectivity index (χ2v) is 4.75. The van der Waals surface area contributed by atoms with Crippen molar-refractivity contribution in [3.63, 3.8) is 0 Å². The molecule has 1 atom stereocenters. The van der Waals surface area contributed by atoms with Crippen molar-refractivity contribution in [2.45, 2.75) is 12.5 Å². The lowest BCUT2D eigenvalue weighted by atomic mass is 10.00. The average molecular weight is 266 g/mol. The van der Waals surface area contributed by atoms with Crippen molar-refractivity contribution in [1.29, 1.82) is 0 Å². The van der Waals surface area contributed by atoms with Gasteiger partial charge in [0, 0.05) is 21.7 Å². The highest BCUT2D eigenvalue weighted by molar-refractivity contribution is 6.36. The van der Waals surface area contributed by atoms with Crippen LogP contribution in [0.2, 0.25) is 10.0 Å². The van der Waals surface area contributed by atoms with Gasteiger partial charge in [0.25, 0.3) is 0 Å². The minimum absolute atomic E-state index is 0.182. The molecule has 0 aliphatic heterocycles. The second-order valence-electron chi connectivity index (χ2n) is 3.93. The van der Waals surface area contributed by atoms with E-state index in [1.807, 2.05) is 48.5 Å². The van der Waals surface area contributed by atoms with Gasteiger partial charge in [0.2, 0.25) is 0 Å². The van der Waals surface area contributed by atoms with Crippen LogP contribution < -0.4 is 5.73 Å². The third-order valence-electron chi connectivity index (χ3n) is 2.67. The molecule has 0 saturated carbocycles. The summed E-state index contributed by atoms with van der Waals surface area (Å²) in [6, 6.07) is 15.3. The summed E-state index contributed by atoms with van der Waals surface area (Å²) in [5.41, 5.74) is 8.16. The van der Waals surface area contributed by atoms with Crippen LogP contribution in [0.4, 0.5) is 0 Å². The average Bonchev–Trinajstić information content (AvgIpc) is 2.30. The molecule has 2 aromatic rings. The van der Waals surface area contributed by atoms with Crippen molar-refractivity contribution in [2.75, 3.05) is 0 Å². The maximum atomic E-state index is 6.16. The summed E-state index contributed by atoms with van der Waals surface area (Å²) in [5.74, 6) is 0. The molecule has 2 N–H and O–H groups in total. The number of halogens is 2. The largest absolute Gasteiger partial charge is 0.324 e. The first kappa shape index (κ1) is 12.4. The lowest BCUT2D eigenvalue weighted by Crippen LogP contribution is -2.14. The standard InChI is InChI=1S/C14H13Cl2N/c15-11-7-4-8-12(16)14(11)13(17)9-10-5-2-1-3-6-10/h1-8,13H,9,17H2. The van der Waals surface area contributed by atoms with Crippen LogP contribution in [-0.2, 0) is 6.42 Å². The van der Waals surface area contributed by atoms with Gasteiger partial charge in [0.1, 0.15) is 0 Å². The summed E-state index contributed by atoms with van der Waals surface area (Å²) in [4.78, 5) is 0. The van der Waals surface area contributed by atoms with Gasteiger partial charge in [0.05, 0.1) is 0 Å².